The lowest BCUT2D eigenvalue weighted by molar-refractivity contribution is -0.124. The SMILES string of the molecule is C/C=C/CC/C=C/CCCC(O)C(O)C(CO)NC(=O)CCCCCCCCCCCCCC. The predicted molar refractivity (Wildman–Crippen MR) is 144 cm³/mol. The van der Waals surface area contributed by atoms with E-state index in [1.165, 1.54) is 57.8 Å². The van der Waals surface area contributed by atoms with Crippen LogP contribution in [0.1, 0.15) is 129 Å². The molecule has 0 rings (SSSR count). The third-order valence-electron chi connectivity index (χ3n) is 6.38. The molecule has 0 saturated carbocycles. The highest BCUT2D eigenvalue weighted by molar-refractivity contribution is 5.76. The van der Waals surface area contributed by atoms with Crippen LogP contribution in [0, 0.1) is 0 Å². The van der Waals surface area contributed by atoms with Gasteiger partial charge in [-0.25, -0.2) is 0 Å². The Morgan fingerprint density at radius 3 is 1.85 bits per heavy atom. The normalized spacial score (nSPS) is 14.6. The van der Waals surface area contributed by atoms with Crippen molar-refractivity contribution in [1.82, 2.24) is 5.32 Å². The van der Waals surface area contributed by atoms with Crippen LogP contribution in [-0.2, 0) is 4.79 Å². The smallest absolute Gasteiger partial charge is 0.220 e. The van der Waals surface area contributed by atoms with E-state index in [0.29, 0.717) is 12.8 Å². The van der Waals surface area contributed by atoms with Crippen molar-refractivity contribution < 1.29 is 20.1 Å². The highest BCUT2D eigenvalue weighted by Gasteiger charge is 2.26. The Morgan fingerprint density at radius 2 is 1.29 bits per heavy atom. The van der Waals surface area contributed by atoms with Gasteiger partial charge in [0.15, 0.2) is 0 Å². The summed E-state index contributed by atoms with van der Waals surface area (Å²) in [5.74, 6) is -0.165. The van der Waals surface area contributed by atoms with E-state index < -0.39 is 18.2 Å². The van der Waals surface area contributed by atoms with Gasteiger partial charge in [-0.2, -0.15) is 0 Å². The van der Waals surface area contributed by atoms with Gasteiger partial charge in [-0.15, -0.1) is 0 Å². The zero-order valence-electron chi connectivity index (χ0n) is 22.2. The molecule has 0 aliphatic carbocycles. The summed E-state index contributed by atoms with van der Waals surface area (Å²) in [5.41, 5.74) is 0. The van der Waals surface area contributed by atoms with Crippen molar-refractivity contribution in [3.8, 4) is 0 Å². The van der Waals surface area contributed by atoms with Gasteiger partial charge in [-0.1, -0.05) is 102 Å². The third kappa shape index (κ3) is 20.2. The van der Waals surface area contributed by atoms with E-state index in [2.05, 4.69) is 30.5 Å². The van der Waals surface area contributed by atoms with Crippen LogP contribution < -0.4 is 5.32 Å². The van der Waals surface area contributed by atoms with Gasteiger partial charge < -0.3 is 20.6 Å². The van der Waals surface area contributed by atoms with E-state index in [-0.39, 0.29) is 12.5 Å². The zero-order chi connectivity index (χ0) is 25.3. The molecule has 200 valence electrons. The predicted octanol–water partition coefficient (Wildman–Crippen LogP) is 6.36. The molecular formula is C29H55NO4. The number of amides is 1. The Hall–Kier alpha value is -1.17. The van der Waals surface area contributed by atoms with E-state index in [4.69, 9.17) is 0 Å². The maximum atomic E-state index is 12.2. The molecule has 3 atom stereocenters. The second-order valence-electron chi connectivity index (χ2n) is 9.60. The molecule has 0 spiro atoms. The first-order valence-corrected chi connectivity index (χ1v) is 14.1. The van der Waals surface area contributed by atoms with Gasteiger partial charge in [-0.05, 0) is 45.4 Å². The standard InChI is InChI=1S/C29H55NO4/c1-3-5-7-9-11-13-14-15-16-18-20-22-24-28(33)30-26(25-31)29(34)27(32)23-21-19-17-12-10-8-6-4-2/h4,6,12,17,26-27,29,31-32,34H,3,5,7-11,13-16,18-25H2,1-2H3,(H,30,33)/b6-4+,17-12+. The largest absolute Gasteiger partial charge is 0.394 e. The summed E-state index contributed by atoms with van der Waals surface area (Å²) in [6.45, 7) is 3.88. The van der Waals surface area contributed by atoms with Gasteiger partial charge in [0, 0.05) is 6.42 Å². The number of allylic oxidation sites excluding steroid dienone is 4. The number of nitrogens with one attached hydrogen (secondary N) is 1. The van der Waals surface area contributed by atoms with E-state index in [1.807, 2.05) is 13.0 Å². The molecule has 4 N–H and O–H groups in total. The number of hydrogen-bond acceptors (Lipinski definition) is 4. The highest BCUT2D eigenvalue weighted by atomic mass is 16.3. The van der Waals surface area contributed by atoms with Gasteiger partial charge in [-0.3, -0.25) is 4.79 Å². The van der Waals surface area contributed by atoms with Crippen LogP contribution in [-0.4, -0.2) is 46.1 Å². The molecule has 5 nitrogen and oxygen atoms in total. The van der Waals surface area contributed by atoms with Crippen LogP contribution in [0.4, 0.5) is 0 Å². The Kier molecular flexibility index (Phi) is 24.1. The van der Waals surface area contributed by atoms with Crippen molar-refractivity contribution in [2.75, 3.05) is 6.61 Å². The zero-order valence-corrected chi connectivity index (χ0v) is 22.2. The first kappa shape index (κ1) is 32.8. The van der Waals surface area contributed by atoms with E-state index in [9.17, 15) is 20.1 Å². The minimum atomic E-state index is -1.16. The molecular weight excluding hydrogens is 426 g/mol. The topological polar surface area (TPSA) is 89.8 Å². The minimum Gasteiger partial charge on any atom is -0.394 e. The summed E-state index contributed by atoms with van der Waals surface area (Å²) in [6, 6.07) is -0.823. The van der Waals surface area contributed by atoms with Crippen LogP contribution in [0.15, 0.2) is 24.3 Å². The van der Waals surface area contributed by atoms with Crippen LogP contribution in [0.3, 0.4) is 0 Å². The molecule has 0 radical (unpaired) electrons. The van der Waals surface area contributed by atoms with Gasteiger partial charge >= 0.3 is 0 Å². The summed E-state index contributed by atoms with van der Waals surface area (Å²) in [7, 11) is 0. The van der Waals surface area contributed by atoms with Crippen LogP contribution in [0.25, 0.3) is 0 Å². The maximum Gasteiger partial charge on any atom is 0.220 e. The highest BCUT2D eigenvalue weighted by Crippen LogP contribution is 2.13. The van der Waals surface area contributed by atoms with E-state index in [0.717, 1.165) is 44.9 Å². The lowest BCUT2D eigenvalue weighted by Gasteiger charge is -2.26. The van der Waals surface area contributed by atoms with Gasteiger partial charge in [0.25, 0.3) is 0 Å². The molecule has 0 aliphatic heterocycles. The van der Waals surface area contributed by atoms with Crippen LogP contribution >= 0.6 is 0 Å². The van der Waals surface area contributed by atoms with E-state index in [1.54, 1.807) is 0 Å². The Morgan fingerprint density at radius 1 is 0.765 bits per heavy atom. The number of rotatable bonds is 24. The minimum absolute atomic E-state index is 0.165. The molecule has 0 bridgehead atoms. The van der Waals surface area contributed by atoms with Gasteiger partial charge in [0.1, 0.15) is 6.10 Å². The lowest BCUT2D eigenvalue weighted by Crippen LogP contribution is -2.50. The molecule has 0 aromatic heterocycles. The van der Waals surface area contributed by atoms with Gasteiger partial charge in [0.05, 0.1) is 18.8 Å². The number of unbranched alkanes of at least 4 members (excludes halogenated alkanes) is 13. The van der Waals surface area contributed by atoms with E-state index >= 15 is 0 Å². The van der Waals surface area contributed by atoms with Crippen molar-refractivity contribution in [3.63, 3.8) is 0 Å². The summed E-state index contributed by atoms with van der Waals surface area (Å²) in [5, 5.41) is 32.9. The fourth-order valence-corrected chi connectivity index (χ4v) is 4.12. The monoisotopic (exact) mass is 481 g/mol. The Balaban J connectivity index is 3.82. The average molecular weight is 482 g/mol. The van der Waals surface area contributed by atoms with Crippen molar-refractivity contribution >= 4 is 5.91 Å². The average Bonchev–Trinajstić information content (AvgIpc) is 2.84. The number of aliphatic hydroxyl groups excluding tert-OH is 3. The molecule has 3 unspecified atom stereocenters. The second kappa shape index (κ2) is 24.9. The van der Waals surface area contributed by atoms with Crippen molar-refractivity contribution in [2.45, 2.75) is 148 Å². The summed E-state index contributed by atoms with van der Waals surface area (Å²) in [4.78, 5) is 12.2. The van der Waals surface area contributed by atoms with Crippen molar-refractivity contribution in [1.29, 1.82) is 0 Å². The molecule has 0 heterocycles. The first-order valence-electron chi connectivity index (χ1n) is 14.1. The third-order valence-corrected chi connectivity index (χ3v) is 6.38. The van der Waals surface area contributed by atoms with Crippen molar-refractivity contribution in [2.24, 2.45) is 0 Å². The second-order valence-corrected chi connectivity index (χ2v) is 9.60. The number of aliphatic hydroxyl groups is 3. The number of carbonyl (C=O) groups is 1. The quantitative estimate of drug-likeness (QED) is 0.0954. The maximum absolute atomic E-state index is 12.2. The molecule has 1 amide bonds. The van der Waals surface area contributed by atoms with Crippen LogP contribution in [0.2, 0.25) is 0 Å². The van der Waals surface area contributed by atoms with Gasteiger partial charge in [0.2, 0.25) is 5.91 Å². The lowest BCUT2D eigenvalue weighted by atomic mass is 10.0. The Bertz CT molecular complexity index is 506. The molecule has 34 heavy (non-hydrogen) atoms. The molecule has 0 aromatic rings. The number of hydrogen-bond donors (Lipinski definition) is 4. The molecule has 0 fully saturated rings. The first-order chi connectivity index (χ1) is 16.6. The molecule has 0 saturated heterocycles. The Labute approximate surface area is 210 Å². The molecule has 0 aliphatic rings. The fraction of sp³-hybridized carbons (Fsp3) is 0.828. The fourth-order valence-electron chi connectivity index (χ4n) is 4.12. The summed E-state index contributed by atoms with van der Waals surface area (Å²) in [6.07, 6.45) is 25.7. The summed E-state index contributed by atoms with van der Waals surface area (Å²) < 4.78 is 0. The summed E-state index contributed by atoms with van der Waals surface area (Å²) >= 11 is 0. The molecule has 5 heteroatoms. The van der Waals surface area contributed by atoms with Crippen LogP contribution in [0.5, 0.6) is 0 Å². The van der Waals surface area contributed by atoms with Crippen molar-refractivity contribution in [3.05, 3.63) is 24.3 Å². The molecule has 0 aromatic carbocycles. The number of carbonyl (C=O) groups excluding carboxylic acids is 1.